The number of nitrogens with one attached hydrogen (secondary N) is 1. The topological polar surface area (TPSA) is 88.8 Å². The molecule has 0 bridgehead atoms. The summed E-state index contributed by atoms with van der Waals surface area (Å²) < 4.78 is 0. The molecule has 86 valence electrons. The van der Waals surface area contributed by atoms with Gasteiger partial charge in [0, 0.05) is 11.3 Å². The molecule has 16 heavy (non-hydrogen) atoms. The number of thioether (sulfide) groups is 1. The molecule has 6 heteroatoms. The summed E-state index contributed by atoms with van der Waals surface area (Å²) in [6.07, 6.45) is 4.00. The summed E-state index contributed by atoms with van der Waals surface area (Å²) >= 11 is 1.25. The van der Waals surface area contributed by atoms with Crippen LogP contribution in [0.3, 0.4) is 0 Å². The average molecular weight is 239 g/mol. The van der Waals surface area contributed by atoms with Crippen molar-refractivity contribution in [3.05, 3.63) is 21.7 Å². The van der Waals surface area contributed by atoms with Crippen LogP contribution in [-0.2, 0) is 17.6 Å². The van der Waals surface area contributed by atoms with Gasteiger partial charge in [0.2, 0.25) is 5.91 Å². The quantitative estimate of drug-likeness (QED) is 0.583. The standard InChI is InChI=1S/C10H13N3O2S/c11-8(14)5-16-9-6-3-1-2-4-7(6)12-10(15)13-9/h1-5H2,(H2,11,14)(H,12,13,15). The number of hydrogen-bond acceptors (Lipinski definition) is 4. The molecular formula is C10H13N3O2S. The monoisotopic (exact) mass is 239 g/mol. The van der Waals surface area contributed by atoms with E-state index in [-0.39, 0.29) is 11.4 Å². The summed E-state index contributed by atoms with van der Waals surface area (Å²) in [6.45, 7) is 0. The van der Waals surface area contributed by atoms with Crippen molar-refractivity contribution in [2.75, 3.05) is 5.75 Å². The van der Waals surface area contributed by atoms with Crippen molar-refractivity contribution in [2.24, 2.45) is 5.73 Å². The molecule has 2 rings (SSSR count). The first-order chi connectivity index (χ1) is 7.66. The Hall–Kier alpha value is -1.30. The molecule has 0 fully saturated rings. The van der Waals surface area contributed by atoms with Crippen LogP contribution in [0.2, 0.25) is 0 Å². The largest absolute Gasteiger partial charge is 0.369 e. The third kappa shape index (κ3) is 2.44. The molecule has 0 spiro atoms. The zero-order chi connectivity index (χ0) is 11.5. The highest BCUT2D eigenvalue weighted by atomic mass is 32.2. The van der Waals surface area contributed by atoms with Crippen LogP contribution < -0.4 is 11.4 Å². The second kappa shape index (κ2) is 4.69. The summed E-state index contributed by atoms with van der Waals surface area (Å²) in [5.74, 6) is -0.222. The minimum Gasteiger partial charge on any atom is -0.369 e. The first-order valence-corrected chi connectivity index (χ1v) is 6.18. The molecule has 3 N–H and O–H groups in total. The van der Waals surface area contributed by atoms with Gasteiger partial charge in [0.1, 0.15) is 5.03 Å². The van der Waals surface area contributed by atoms with E-state index < -0.39 is 5.91 Å². The Morgan fingerprint density at radius 3 is 2.94 bits per heavy atom. The molecule has 0 unspecified atom stereocenters. The maximum Gasteiger partial charge on any atom is 0.346 e. The van der Waals surface area contributed by atoms with E-state index in [9.17, 15) is 9.59 Å². The second-order valence-electron chi connectivity index (χ2n) is 3.77. The first-order valence-electron chi connectivity index (χ1n) is 5.20. The van der Waals surface area contributed by atoms with Crippen molar-refractivity contribution in [1.29, 1.82) is 0 Å². The molecule has 0 aliphatic heterocycles. The lowest BCUT2D eigenvalue weighted by Crippen LogP contribution is -2.20. The third-order valence-corrected chi connectivity index (χ3v) is 3.58. The SMILES string of the molecule is NC(=O)CSc1nc(=O)[nH]c2c1CCCC2. The van der Waals surface area contributed by atoms with Crippen molar-refractivity contribution in [1.82, 2.24) is 9.97 Å². The van der Waals surface area contributed by atoms with E-state index >= 15 is 0 Å². The van der Waals surface area contributed by atoms with Gasteiger partial charge in [-0.1, -0.05) is 11.8 Å². The molecule has 5 nitrogen and oxygen atoms in total. The van der Waals surface area contributed by atoms with Crippen molar-refractivity contribution in [3.8, 4) is 0 Å². The summed E-state index contributed by atoms with van der Waals surface area (Å²) in [5, 5.41) is 0.664. The first kappa shape index (κ1) is 11.2. The second-order valence-corrected chi connectivity index (χ2v) is 4.73. The highest BCUT2D eigenvalue weighted by molar-refractivity contribution is 7.99. The average Bonchev–Trinajstić information content (AvgIpc) is 2.25. The van der Waals surface area contributed by atoms with E-state index in [1.807, 2.05) is 0 Å². The molecule has 1 aliphatic carbocycles. The third-order valence-electron chi connectivity index (χ3n) is 2.54. The van der Waals surface area contributed by atoms with Crippen molar-refractivity contribution in [3.63, 3.8) is 0 Å². The van der Waals surface area contributed by atoms with E-state index in [1.165, 1.54) is 11.8 Å². The summed E-state index contributed by atoms with van der Waals surface area (Å²) in [5.41, 5.74) is 6.79. The van der Waals surface area contributed by atoms with Gasteiger partial charge in [-0.2, -0.15) is 4.98 Å². The number of amides is 1. The van der Waals surface area contributed by atoms with Crippen LogP contribution in [0.15, 0.2) is 9.82 Å². The maximum atomic E-state index is 11.3. The lowest BCUT2D eigenvalue weighted by molar-refractivity contribution is -0.115. The van der Waals surface area contributed by atoms with E-state index in [2.05, 4.69) is 9.97 Å². The Morgan fingerprint density at radius 2 is 2.19 bits per heavy atom. The molecule has 0 saturated carbocycles. The van der Waals surface area contributed by atoms with Gasteiger partial charge in [0.15, 0.2) is 0 Å². The van der Waals surface area contributed by atoms with Gasteiger partial charge in [-0.3, -0.25) is 4.79 Å². The van der Waals surface area contributed by atoms with Crippen LogP contribution in [0.4, 0.5) is 0 Å². The van der Waals surface area contributed by atoms with Crippen LogP contribution in [0.1, 0.15) is 24.1 Å². The van der Waals surface area contributed by atoms with Gasteiger partial charge < -0.3 is 10.7 Å². The van der Waals surface area contributed by atoms with Crippen LogP contribution in [0, 0.1) is 0 Å². The normalized spacial score (nSPS) is 14.5. The van der Waals surface area contributed by atoms with Crippen LogP contribution >= 0.6 is 11.8 Å². The highest BCUT2D eigenvalue weighted by Gasteiger charge is 2.16. The summed E-state index contributed by atoms with van der Waals surface area (Å²) in [4.78, 5) is 28.7. The number of H-pyrrole nitrogens is 1. The van der Waals surface area contributed by atoms with E-state index in [1.54, 1.807) is 0 Å². The number of fused-ring (bicyclic) bond motifs is 1. The lowest BCUT2D eigenvalue weighted by Gasteiger charge is -2.16. The number of aromatic amines is 1. The Balaban J connectivity index is 2.32. The highest BCUT2D eigenvalue weighted by Crippen LogP contribution is 2.26. The van der Waals surface area contributed by atoms with Crippen LogP contribution in [-0.4, -0.2) is 21.6 Å². The number of primary amides is 1. The fourth-order valence-electron chi connectivity index (χ4n) is 1.85. The van der Waals surface area contributed by atoms with Crippen molar-refractivity contribution < 1.29 is 4.79 Å². The van der Waals surface area contributed by atoms with Gasteiger partial charge in [0.25, 0.3) is 0 Å². The van der Waals surface area contributed by atoms with E-state index in [0.29, 0.717) is 5.03 Å². The fraction of sp³-hybridized carbons (Fsp3) is 0.500. The molecule has 1 aromatic heterocycles. The Kier molecular flexibility index (Phi) is 3.28. The lowest BCUT2D eigenvalue weighted by atomic mass is 9.98. The molecule has 1 aromatic rings. The molecule has 0 atom stereocenters. The van der Waals surface area contributed by atoms with Gasteiger partial charge >= 0.3 is 5.69 Å². The number of aryl methyl sites for hydroxylation is 1. The van der Waals surface area contributed by atoms with Crippen molar-refractivity contribution in [2.45, 2.75) is 30.7 Å². The van der Waals surface area contributed by atoms with E-state index in [4.69, 9.17) is 5.73 Å². The minimum absolute atomic E-state index is 0.170. The number of hydrogen-bond donors (Lipinski definition) is 2. The number of nitrogens with zero attached hydrogens (tertiary/aromatic N) is 1. The Bertz CT molecular complexity index is 470. The van der Waals surface area contributed by atoms with Gasteiger partial charge in [-0.05, 0) is 25.7 Å². The molecule has 0 radical (unpaired) electrons. The van der Waals surface area contributed by atoms with Gasteiger partial charge in [-0.15, -0.1) is 0 Å². The number of carbonyl (C=O) groups is 1. The predicted octanol–water partition coefficient (Wildman–Crippen LogP) is 0.226. The number of nitrogens with two attached hydrogens (primary N) is 1. The number of carbonyl (C=O) groups excluding carboxylic acids is 1. The Morgan fingerprint density at radius 1 is 1.44 bits per heavy atom. The van der Waals surface area contributed by atoms with Crippen molar-refractivity contribution >= 4 is 17.7 Å². The zero-order valence-corrected chi connectivity index (χ0v) is 9.60. The number of aromatic nitrogens is 2. The number of rotatable bonds is 3. The Labute approximate surface area is 96.8 Å². The minimum atomic E-state index is -0.392. The van der Waals surface area contributed by atoms with E-state index in [0.717, 1.165) is 36.9 Å². The maximum absolute atomic E-state index is 11.3. The molecule has 0 aromatic carbocycles. The molecular weight excluding hydrogens is 226 g/mol. The zero-order valence-electron chi connectivity index (χ0n) is 8.78. The summed E-state index contributed by atoms with van der Waals surface area (Å²) in [7, 11) is 0. The molecule has 0 saturated heterocycles. The molecule has 1 aliphatic rings. The fourth-order valence-corrected chi connectivity index (χ4v) is 2.68. The molecule has 1 amide bonds. The van der Waals surface area contributed by atoms with Gasteiger partial charge in [-0.25, -0.2) is 4.79 Å². The van der Waals surface area contributed by atoms with Crippen LogP contribution in [0.25, 0.3) is 0 Å². The van der Waals surface area contributed by atoms with Gasteiger partial charge in [0.05, 0.1) is 5.75 Å². The van der Waals surface area contributed by atoms with Crippen LogP contribution in [0.5, 0.6) is 0 Å². The molecule has 1 heterocycles. The summed E-state index contributed by atoms with van der Waals surface area (Å²) in [6, 6.07) is 0. The smallest absolute Gasteiger partial charge is 0.346 e. The predicted molar refractivity (Wildman–Crippen MR) is 61.4 cm³/mol.